The van der Waals surface area contributed by atoms with Crippen molar-refractivity contribution in [1.29, 1.82) is 0 Å². The number of alkyl halides is 6. The van der Waals surface area contributed by atoms with Gasteiger partial charge >= 0.3 is 24.5 Å². The normalized spacial score (nSPS) is 20.9. The summed E-state index contributed by atoms with van der Waals surface area (Å²) in [5, 5.41) is 6.75. The number of hydrogen-bond donors (Lipinski definition) is 3. The second-order valence-corrected chi connectivity index (χ2v) is 14.5. The van der Waals surface area contributed by atoms with Gasteiger partial charge in [0.05, 0.1) is 16.8 Å². The molecule has 0 saturated carbocycles. The van der Waals surface area contributed by atoms with E-state index in [-0.39, 0.29) is 38.3 Å². The van der Waals surface area contributed by atoms with Crippen LogP contribution < -0.4 is 16.4 Å². The molecule has 2 aromatic carbocycles. The molecule has 1 unspecified atom stereocenters. The molecule has 0 radical (unpaired) electrons. The fourth-order valence-electron chi connectivity index (χ4n) is 7.89. The maximum absolute atomic E-state index is 13.9. The number of halogens is 6. The van der Waals surface area contributed by atoms with Crippen molar-refractivity contribution in [3.8, 4) is 0 Å². The van der Waals surface area contributed by atoms with E-state index in [1.54, 1.807) is 4.90 Å². The molecule has 0 aliphatic carbocycles. The number of carbonyl (C=O) groups is 3. The number of anilines is 2. The van der Waals surface area contributed by atoms with Crippen molar-refractivity contribution < 1.29 is 45.6 Å². The molecule has 4 N–H and O–H groups in total. The van der Waals surface area contributed by atoms with E-state index < -0.39 is 59.2 Å². The number of piperidine rings is 2. The Kier molecular flexibility index (Phi) is 11.8. The van der Waals surface area contributed by atoms with Crippen LogP contribution in [0.25, 0.3) is 0 Å². The van der Waals surface area contributed by atoms with Crippen LogP contribution in [0.2, 0.25) is 0 Å². The van der Waals surface area contributed by atoms with E-state index in [1.165, 1.54) is 9.96 Å². The summed E-state index contributed by atoms with van der Waals surface area (Å²) in [5.74, 6) is -0.652. The van der Waals surface area contributed by atoms with Gasteiger partial charge in [0.1, 0.15) is 6.04 Å². The van der Waals surface area contributed by atoms with E-state index in [4.69, 9.17) is 10.6 Å². The lowest BCUT2D eigenvalue weighted by Gasteiger charge is -2.42. The number of nitrogen functional groups attached to an aromatic ring is 1. The molecule has 54 heavy (non-hydrogen) atoms. The summed E-state index contributed by atoms with van der Waals surface area (Å²) in [6.45, 7) is 4.48. The minimum Gasteiger partial charge on any atom is -0.398 e. The van der Waals surface area contributed by atoms with Crippen LogP contribution in [0.15, 0.2) is 36.4 Å². The first-order chi connectivity index (χ1) is 25.6. The number of rotatable bonds is 7. The summed E-state index contributed by atoms with van der Waals surface area (Å²) in [4.78, 5) is 53.5. The van der Waals surface area contributed by atoms with Gasteiger partial charge in [0.15, 0.2) is 0 Å². The van der Waals surface area contributed by atoms with Crippen molar-refractivity contribution >= 4 is 29.4 Å². The zero-order valence-electron chi connectivity index (χ0n) is 30.0. The SMILES string of the molecule is CN1CCC(N2CCN(C(=O)C(Cc3cc(C(F)(F)F)c(N)c(C(F)(F)F)c3)NC(=O)ON3CCC(N4CCc5ccccc5NC4=O)CC3)CC2)CC1. The number of amides is 4. The van der Waals surface area contributed by atoms with Crippen molar-refractivity contribution in [3.05, 3.63) is 58.7 Å². The van der Waals surface area contributed by atoms with Gasteiger partial charge in [-0.3, -0.25) is 9.69 Å². The number of hydrogen-bond acceptors (Lipinski definition) is 8. The third-order valence-electron chi connectivity index (χ3n) is 10.9. The Morgan fingerprint density at radius 3 is 2.07 bits per heavy atom. The molecule has 4 aliphatic heterocycles. The predicted octanol–water partition coefficient (Wildman–Crippen LogP) is 4.65. The Hall–Kier alpha value is -4.29. The molecule has 0 aromatic heterocycles. The molecule has 0 spiro atoms. The molecule has 0 bridgehead atoms. The maximum atomic E-state index is 13.9. The standard InChI is InChI=1S/C36H46F6N8O4/c1-46-11-7-25(8-12-46)47-16-18-48(19-17-47)32(51)30(22-23-20-27(35(37,38)39)31(43)28(21-23)36(40,41)42)45-34(53)54-49-13-9-26(10-14-49)50-15-6-24-4-2-3-5-29(24)44-33(50)52/h2-5,20-21,25-26,30H,6-19,22,43H2,1H3,(H,44,52)(H,45,53). The lowest BCUT2D eigenvalue weighted by Crippen LogP contribution is -2.58. The molecule has 1 atom stereocenters. The minimum absolute atomic E-state index is 0.138. The zero-order valence-corrected chi connectivity index (χ0v) is 30.0. The number of likely N-dealkylation sites (tertiary alicyclic amines) is 1. The third-order valence-corrected chi connectivity index (χ3v) is 10.9. The second kappa shape index (κ2) is 16.2. The highest BCUT2D eigenvalue weighted by atomic mass is 19.4. The van der Waals surface area contributed by atoms with Gasteiger partial charge in [-0.25, -0.2) is 9.59 Å². The molecule has 4 amide bonds. The fourth-order valence-corrected chi connectivity index (χ4v) is 7.89. The van der Waals surface area contributed by atoms with Crippen LogP contribution in [0.4, 0.5) is 47.3 Å². The Labute approximate surface area is 309 Å². The van der Waals surface area contributed by atoms with Crippen molar-refractivity contribution in [2.75, 3.05) is 77.0 Å². The zero-order chi connectivity index (χ0) is 38.8. The first-order valence-electron chi connectivity index (χ1n) is 18.2. The Morgan fingerprint density at radius 2 is 1.46 bits per heavy atom. The van der Waals surface area contributed by atoms with Crippen LogP contribution in [0.1, 0.15) is 47.9 Å². The van der Waals surface area contributed by atoms with Gasteiger partial charge in [0, 0.05) is 70.0 Å². The third kappa shape index (κ3) is 9.32. The van der Waals surface area contributed by atoms with E-state index in [2.05, 4.69) is 27.5 Å². The van der Waals surface area contributed by atoms with E-state index in [1.807, 2.05) is 24.3 Å². The number of nitrogens with one attached hydrogen (secondary N) is 2. The molecule has 2 aromatic rings. The van der Waals surface area contributed by atoms with Gasteiger partial charge in [-0.2, -0.15) is 26.3 Å². The number of fused-ring (bicyclic) bond motifs is 1. The number of urea groups is 1. The van der Waals surface area contributed by atoms with Crippen molar-refractivity contribution in [1.82, 2.24) is 30.0 Å². The average molecular weight is 769 g/mol. The molecule has 296 valence electrons. The molecule has 12 nitrogen and oxygen atoms in total. The van der Waals surface area contributed by atoms with Gasteiger partial charge in [0.2, 0.25) is 5.91 Å². The number of benzene rings is 2. The number of piperazine rings is 1. The smallest absolute Gasteiger partial charge is 0.398 e. The van der Waals surface area contributed by atoms with E-state index in [0.717, 1.165) is 37.2 Å². The number of nitrogens with zero attached hydrogens (tertiary/aromatic N) is 5. The number of nitrogens with two attached hydrogens (primary N) is 1. The molecular formula is C36H46F6N8O4. The topological polar surface area (TPSA) is 127 Å². The second-order valence-electron chi connectivity index (χ2n) is 14.5. The van der Waals surface area contributed by atoms with Gasteiger partial charge in [0.25, 0.3) is 0 Å². The number of para-hydroxylation sites is 1. The molecule has 6 rings (SSSR count). The molecule has 4 heterocycles. The summed E-state index contributed by atoms with van der Waals surface area (Å²) >= 11 is 0. The number of hydroxylamine groups is 2. The summed E-state index contributed by atoms with van der Waals surface area (Å²) in [5.41, 5.74) is 1.82. The van der Waals surface area contributed by atoms with Crippen LogP contribution in [0.3, 0.4) is 0 Å². The Balaban J connectivity index is 1.13. The van der Waals surface area contributed by atoms with Gasteiger partial charge < -0.3 is 35.9 Å². The van der Waals surface area contributed by atoms with Crippen molar-refractivity contribution in [2.24, 2.45) is 0 Å². The lowest BCUT2D eigenvalue weighted by atomic mass is 9.96. The Morgan fingerprint density at radius 1 is 0.870 bits per heavy atom. The highest BCUT2D eigenvalue weighted by molar-refractivity contribution is 5.91. The summed E-state index contributed by atoms with van der Waals surface area (Å²) < 4.78 is 83.2. The van der Waals surface area contributed by atoms with E-state index >= 15 is 0 Å². The lowest BCUT2D eigenvalue weighted by molar-refractivity contribution is -0.141. The molecule has 3 fully saturated rings. The number of carbonyl (C=O) groups excluding carboxylic acids is 3. The maximum Gasteiger partial charge on any atom is 0.426 e. The monoisotopic (exact) mass is 768 g/mol. The van der Waals surface area contributed by atoms with E-state index in [9.17, 15) is 40.7 Å². The van der Waals surface area contributed by atoms with Gasteiger partial charge in [-0.05, 0) is 81.6 Å². The molecule has 4 aliphatic rings. The first-order valence-corrected chi connectivity index (χ1v) is 18.2. The van der Waals surface area contributed by atoms with Crippen molar-refractivity contribution in [3.63, 3.8) is 0 Å². The van der Waals surface area contributed by atoms with Crippen LogP contribution in [-0.4, -0.2) is 127 Å². The molecule has 3 saturated heterocycles. The van der Waals surface area contributed by atoms with E-state index in [0.29, 0.717) is 57.1 Å². The molecule has 18 heteroatoms. The average Bonchev–Trinajstić information content (AvgIpc) is 3.29. The quantitative estimate of drug-likeness (QED) is 0.275. The van der Waals surface area contributed by atoms with Crippen LogP contribution >= 0.6 is 0 Å². The Bertz CT molecular complexity index is 1630. The highest BCUT2D eigenvalue weighted by Gasteiger charge is 2.42. The van der Waals surface area contributed by atoms with Crippen LogP contribution in [0.5, 0.6) is 0 Å². The van der Waals surface area contributed by atoms with Crippen LogP contribution in [-0.2, 0) is 34.8 Å². The largest absolute Gasteiger partial charge is 0.426 e. The minimum atomic E-state index is -5.21. The van der Waals surface area contributed by atoms with Gasteiger partial charge in [-0.1, -0.05) is 18.2 Å². The van der Waals surface area contributed by atoms with Crippen LogP contribution in [0, 0.1) is 0 Å². The first kappa shape index (κ1) is 39.4. The highest BCUT2D eigenvalue weighted by Crippen LogP contribution is 2.42. The van der Waals surface area contributed by atoms with Gasteiger partial charge in [-0.15, -0.1) is 5.06 Å². The summed E-state index contributed by atoms with van der Waals surface area (Å²) in [7, 11) is 2.05. The summed E-state index contributed by atoms with van der Waals surface area (Å²) in [6, 6.07) is 6.96. The fraction of sp³-hybridized carbons (Fsp3) is 0.583. The summed E-state index contributed by atoms with van der Waals surface area (Å²) in [6.07, 6.45) is -8.64. The molecular weight excluding hydrogens is 722 g/mol. The van der Waals surface area contributed by atoms with Crippen molar-refractivity contribution in [2.45, 2.75) is 69.0 Å². The predicted molar refractivity (Wildman–Crippen MR) is 187 cm³/mol.